The monoisotopic (exact) mass is 322 g/mol. The summed E-state index contributed by atoms with van der Waals surface area (Å²) in [6.45, 7) is 1.41. The van der Waals surface area contributed by atoms with Gasteiger partial charge < -0.3 is 9.47 Å². The van der Waals surface area contributed by atoms with Crippen LogP contribution in [-0.4, -0.2) is 23.9 Å². The zero-order chi connectivity index (χ0) is 17.2. The van der Waals surface area contributed by atoms with Gasteiger partial charge in [0.05, 0.1) is 0 Å². The van der Waals surface area contributed by atoms with Crippen LogP contribution in [0.1, 0.15) is 34.6 Å². The molecule has 0 unspecified atom stereocenters. The Balaban J connectivity index is 3.51. The fourth-order valence-corrected chi connectivity index (χ4v) is 1.35. The third kappa shape index (κ3) is 3.27. The van der Waals surface area contributed by atoms with Gasteiger partial charge >= 0.3 is 23.9 Å². The number of hydrogen-bond acceptors (Lipinski definition) is 6. The average Bonchev–Trinajstić information content (AvgIpc) is 2.35. The normalized spacial score (nSPS) is 10.1. The molecule has 0 amide bonds. The summed E-state index contributed by atoms with van der Waals surface area (Å²) in [4.78, 5) is 43.5. The lowest BCUT2D eigenvalue weighted by molar-refractivity contribution is -0.136. The fourth-order valence-electron chi connectivity index (χ4n) is 1.35. The Morgan fingerprint density at radius 3 is 1.05 bits per heavy atom. The average molecular weight is 322 g/mol. The van der Waals surface area contributed by atoms with Crippen LogP contribution in [0.5, 0.6) is 0 Å². The highest BCUT2D eigenvalue weighted by atomic mass is 19.2. The molecule has 0 aromatic heterocycles. The lowest BCUT2D eigenvalue weighted by Crippen LogP contribution is -2.21. The van der Waals surface area contributed by atoms with E-state index >= 15 is 0 Å². The molecule has 1 rings (SSSR count). The van der Waals surface area contributed by atoms with Crippen LogP contribution in [0.4, 0.5) is 17.6 Å². The summed E-state index contributed by atoms with van der Waals surface area (Å²) in [5.41, 5.74) is -3.69. The van der Waals surface area contributed by atoms with Gasteiger partial charge in [-0.2, -0.15) is 0 Å². The number of hydrogen-bond donors (Lipinski definition) is 0. The third-order valence-electron chi connectivity index (χ3n) is 2.14. The van der Waals surface area contributed by atoms with Crippen molar-refractivity contribution in [3.05, 3.63) is 34.4 Å². The Labute approximate surface area is 119 Å². The number of carbonyl (C=O) groups is 4. The van der Waals surface area contributed by atoms with Gasteiger partial charge in [-0.15, -0.1) is 0 Å². The van der Waals surface area contributed by atoms with Gasteiger partial charge in [-0.1, -0.05) is 0 Å². The predicted octanol–water partition coefficient (Wildman–Crippen LogP) is 1.65. The predicted molar refractivity (Wildman–Crippen MR) is 58.5 cm³/mol. The number of benzene rings is 1. The van der Waals surface area contributed by atoms with Crippen LogP contribution in [0.2, 0.25) is 0 Å². The largest absolute Gasteiger partial charge is 0.389 e. The molecule has 1 aromatic rings. The summed E-state index contributed by atoms with van der Waals surface area (Å²) in [6, 6.07) is 0. The number of rotatable bonds is 2. The van der Waals surface area contributed by atoms with Crippen molar-refractivity contribution in [1.29, 1.82) is 0 Å². The maximum absolute atomic E-state index is 13.6. The highest BCUT2D eigenvalue weighted by molar-refractivity contribution is 6.00. The second-order valence-electron chi connectivity index (χ2n) is 3.77. The van der Waals surface area contributed by atoms with E-state index in [0.29, 0.717) is 13.8 Å². The van der Waals surface area contributed by atoms with E-state index < -0.39 is 58.3 Å². The second kappa shape index (κ2) is 6.33. The van der Waals surface area contributed by atoms with Crippen molar-refractivity contribution in [2.75, 3.05) is 0 Å². The summed E-state index contributed by atoms with van der Waals surface area (Å²) < 4.78 is 62.1. The van der Waals surface area contributed by atoms with Crippen molar-refractivity contribution in [3.63, 3.8) is 0 Å². The summed E-state index contributed by atoms with van der Waals surface area (Å²) in [5, 5.41) is 0. The molecule has 0 aliphatic carbocycles. The van der Waals surface area contributed by atoms with E-state index in [2.05, 4.69) is 9.47 Å². The molecule has 0 spiro atoms. The van der Waals surface area contributed by atoms with Gasteiger partial charge in [-0.25, -0.2) is 27.2 Å². The minimum absolute atomic E-state index is 0.707. The Kier molecular flexibility index (Phi) is 4.97. The molecule has 0 fully saturated rings. The first kappa shape index (κ1) is 17.3. The van der Waals surface area contributed by atoms with E-state index in [1.165, 1.54) is 0 Å². The molecular weight excluding hydrogens is 316 g/mol. The van der Waals surface area contributed by atoms with Gasteiger partial charge in [0.25, 0.3) is 0 Å². The lowest BCUT2D eigenvalue weighted by Gasteiger charge is -2.09. The summed E-state index contributed by atoms with van der Waals surface area (Å²) in [7, 11) is 0. The molecule has 0 saturated heterocycles. The first-order valence-corrected chi connectivity index (χ1v) is 5.39. The molecule has 118 valence electrons. The van der Waals surface area contributed by atoms with Crippen LogP contribution < -0.4 is 0 Å². The Hall–Kier alpha value is -2.78. The van der Waals surface area contributed by atoms with Gasteiger partial charge in [0.15, 0.2) is 23.3 Å². The molecule has 1 aromatic carbocycles. The summed E-state index contributed by atoms with van der Waals surface area (Å²) in [5.74, 6) is -15.7. The fraction of sp³-hybridized carbons (Fsp3) is 0.167. The van der Waals surface area contributed by atoms with E-state index in [-0.39, 0.29) is 0 Å². The quantitative estimate of drug-likeness (QED) is 0.356. The Morgan fingerprint density at radius 2 is 0.864 bits per heavy atom. The smallest absolute Gasteiger partial charge is 0.352 e. The zero-order valence-electron chi connectivity index (χ0n) is 11.0. The van der Waals surface area contributed by atoms with Gasteiger partial charge in [0.2, 0.25) is 0 Å². The number of carbonyl (C=O) groups excluding carboxylic acids is 4. The van der Waals surface area contributed by atoms with E-state index in [1.54, 1.807) is 0 Å². The minimum atomic E-state index is -2.28. The second-order valence-corrected chi connectivity index (χ2v) is 3.77. The molecule has 0 aliphatic rings. The number of esters is 4. The van der Waals surface area contributed by atoms with Crippen molar-refractivity contribution in [2.24, 2.45) is 0 Å². The van der Waals surface area contributed by atoms with Crippen LogP contribution in [0.25, 0.3) is 0 Å². The van der Waals surface area contributed by atoms with E-state index in [9.17, 15) is 36.7 Å². The van der Waals surface area contributed by atoms with Gasteiger partial charge in [-0.05, 0) is 0 Å². The zero-order valence-corrected chi connectivity index (χ0v) is 11.0. The molecular formula is C12H6F4O6. The van der Waals surface area contributed by atoms with Crippen molar-refractivity contribution in [1.82, 2.24) is 0 Å². The molecule has 0 bridgehead atoms. The summed E-state index contributed by atoms with van der Waals surface area (Å²) >= 11 is 0. The van der Waals surface area contributed by atoms with Crippen LogP contribution in [0.15, 0.2) is 0 Å². The van der Waals surface area contributed by atoms with Crippen LogP contribution in [0, 0.1) is 23.3 Å². The lowest BCUT2D eigenvalue weighted by atomic mass is 10.1. The molecule has 10 heteroatoms. The summed E-state index contributed by atoms with van der Waals surface area (Å²) in [6.07, 6.45) is 0. The third-order valence-corrected chi connectivity index (χ3v) is 2.14. The molecule has 0 N–H and O–H groups in total. The maximum atomic E-state index is 13.6. The molecule has 22 heavy (non-hydrogen) atoms. The Morgan fingerprint density at radius 1 is 0.636 bits per heavy atom. The topological polar surface area (TPSA) is 86.7 Å². The van der Waals surface area contributed by atoms with E-state index in [1.807, 2.05) is 0 Å². The molecule has 0 saturated carbocycles. The van der Waals surface area contributed by atoms with Gasteiger partial charge in [0.1, 0.15) is 11.1 Å². The van der Waals surface area contributed by atoms with E-state index in [0.717, 1.165) is 0 Å². The first-order valence-electron chi connectivity index (χ1n) is 5.39. The highest BCUT2D eigenvalue weighted by Crippen LogP contribution is 2.25. The SMILES string of the molecule is CC(=O)OC(=O)c1c(F)c(F)c(C(=O)OC(C)=O)c(F)c1F. The first-order chi connectivity index (χ1) is 10.1. The molecule has 0 atom stereocenters. The van der Waals surface area contributed by atoms with Crippen LogP contribution in [-0.2, 0) is 19.1 Å². The van der Waals surface area contributed by atoms with Crippen LogP contribution in [0.3, 0.4) is 0 Å². The highest BCUT2D eigenvalue weighted by Gasteiger charge is 2.34. The Bertz CT molecular complexity index is 609. The van der Waals surface area contributed by atoms with Gasteiger partial charge in [-0.3, -0.25) is 9.59 Å². The van der Waals surface area contributed by atoms with Crippen molar-refractivity contribution in [3.8, 4) is 0 Å². The minimum Gasteiger partial charge on any atom is -0.389 e. The molecule has 0 aliphatic heterocycles. The molecule has 6 nitrogen and oxygen atoms in total. The van der Waals surface area contributed by atoms with Crippen molar-refractivity contribution in [2.45, 2.75) is 13.8 Å². The standard InChI is InChI=1S/C12H6F4O6/c1-3(17)21-11(19)5-7(13)9(15)6(10(16)8(5)14)12(20)22-4(2)18/h1-2H3. The number of halogens is 4. The van der Waals surface area contributed by atoms with Crippen molar-refractivity contribution < 1.29 is 46.2 Å². The molecule has 0 heterocycles. The van der Waals surface area contributed by atoms with Crippen LogP contribution >= 0.6 is 0 Å². The van der Waals surface area contributed by atoms with E-state index in [4.69, 9.17) is 0 Å². The number of ether oxygens (including phenoxy) is 2. The maximum Gasteiger partial charge on any atom is 0.352 e. The molecule has 0 radical (unpaired) electrons. The van der Waals surface area contributed by atoms with Gasteiger partial charge in [0, 0.05) is 13.8 Å². The van der Waals surface area contributed by atoms with Crippen molar-refractivity contribution >= 4 is 23.9 Å².